The molecule has 2 rings (SSSR count). The summed E-state index contributed by atoms with van der Waals surface area (Å²) in [7, 11) is 1.26. The maximum absolute atomic E-state index is 10.9. The summed E-state index contributed by atoms with van der Waals surface area (Å²) in [5, 5.41) is 7.31. The van der Waals surface area contributed by atoms with Crippen LogP contribution in [0.25, 0.3) is 0 Å². The predicted molar refractivity (Wildman–Crippen MR) is 61.9 cm³/mol. The molecule has 5 heteroatoms. The number of aryl methyl sites for hydroxylation is 1. The van der Waals surface area contributed by atoms with E-state index in [-0.39, 0.29) is 6.10 Å². The SMILES string of the molecule is COC(=O)/N=N/c1cc(C)cc2c1OC(C)C2. The number of rotatable bonds is 1. The van der Waals surface area contributed by atoms with Crippen LogP contribution in [-0.2, 0) is 11.2 Å². The van der Waals surface area contributed by atoms with E-state index in [0.717, 1.165) is 23.3 Å². The molecule has 1 unspecified atom stereocenters. The number of ether oxygens (including phenoxy) is 2. The van der Waals surface area contributed by atoms with Crippen LogP contribution in [0.5, 0.6) is 5.75 Å². The van der Waals surface area contributed by atoms with Crippen molar-refractivity contribution in [1.82, 2.24) is 0 Å². The Bertz CT molecular complexity index is 483. The van der Waals surface area contributed by atoms with Gasteiger partial charge in [0, 0.05) is 12.0 Å². The van der Waals surface area contributed by atoms with Crippen LogP contribution in [0.3, 0.4) is 0 Å². The van der Waals surface area contributed by atoms with E-state index in [9.17, 15) is 4.79 Å². The number of azo groups is 1. The van der Waals surface area contributed by atoms with E-state index in [1.165, 1.54) is 7.11 Å². The lowest BCUT2D eigenvalue weighted by Gasteiger charge is -2.05. The number of amides is 1. The Balaban J connectivity index is 2.35. The average Bonchev–Trinajstić information content (AvgIpc) is 2.65. The third kappa shape index (κ3) is 2.43. The lowest BCUT2D eigenvalue weighted by molar-refractivity contribution is 0.180. The Morgan fingerprint density at radius 2 is 2.29 bits per heavy atom. The number of fused-ring (bicyclic) bond motifs is 1. The number of carbonyl (C=O) groups is 1. The molecule has 1 aliphatic heterocycles. The molecule has 1 aromatic carbocycles. The first-order valence-electron chi connectivity index (χ1n) is 5.40. The minimum Gasteiger partial charge on any atom is -0.488 e. The highest BCUT2D eigenvalue weighted by atomic mass is 16.5. The minimum absolute atomic E-state index is 0.138. The first-order chi connectivity index (χ1) is 8.10. The van der Waals surface area contributed by atoms with E-state index in [2.05, 4.69) is 21.0 Å². The quantitative estimate of drug-likeness (QED) is 0.701. The lowest BCUT2D eigenvalue weighted by Crippen LogP contribution is -2.05. The van der Waals surface area contributed by atoms with Crippen LogP contribution in [0.1, 0.15) is 18.1 Å². The molecule has 1 atom stereocenters. The van der Waals surface area contributed by atoms with Crippen molar-refractivity contribution in [3.8, 4) is 5.75 Å². The second-order valence-electron chi connectivity index (χ2n) is 4.07. The van der Waals surface area contributed by atoms with Gasteiger partial charge in [0.25, 0.3) is 0 Å². The molecule has 0 aliphatic carbocycles. The number of benzene rings is 1. The van der Waals surface area contributed by atoms with Gasteiger partial charge in [-0.15, -0.1) is 5.11 Å². The smallest absolute Gasteiger partial charge is 0.452 e. The molecular weight excluding hydrogens is 220 g/mol. The molecule has 1 aliphatic rings. The van der Waals surface area contributed by atoms with Gasteiger partial charge in [0.2, 0.25) is 0 Å². The standard InChI is InChI=1S/C12H14N2O3/c1-7-4-9-6-8(2)17-11(9)10(5-7)13-14-12(15)16-3/h4-5,8H,6H2,1-3H3/b14-13+. The molecule has 0 N–H and O–H groups in total. The fourth-order valence-electron chi connectivity index (χ4n) is 1.88. The number of hydrogen-bond donors (Lipinski definition) is 0. The van der Waals surface area contributed by atoms with E-state index in [1.807, 2.05) is 19.9 Å². The third-order valence-corrected chi connectivity index (χ3v) is 2.53. The zero-order valence-electron chi connectivity index (χ0n) is 10.1. The van der Waals surface area contributed by atoms with Gasteiger partial charge in [-0.3, -0.25) is 0 Å². The maximum Gasteiger partial charge on any atom is 0.452 e. The molecule has 0 aromatic heterocycles. The average molecular weight is 234 g/mol. The summed E-state index contributed by atoms with van der Waals surface area (Å²) in [6.45, 7) is 3.97. The number of hydrogen-bond acceptors (Lipinski definition) is 4. The number of nitrogens with zero attached hydrogens (tertiary/aromatic N) is 2. The van der Waals surface area contributed by atoms with Gasteiger partial charge >= 0.3 is 6.09 Å². The minimum atomic E-state index is -0.716. The van der Waals surface area contributed by atoms with Crippen molar-refractivity contribution in [3.05, 3.63) is 23.3 Å². The van der Waals surface area contributed by atoms with Crippen LogP contribution in [0.2, 0.25) is 0 Å². The largest absolute Gasteiger partial charge is 0.488 e. The molecule has 0 saturated heterocycles. The summed E-state index contributed by atoms with van der Waals surface area (Å²) in [4.78, 5) is 10.9. The van der Waals surface area contributed by atoms with E-state index in [1.54, 1.807) is 0 Å². The van der Waals surface area contributed by atoms with Gasteiger partial charge in [0.15, 0.2) is 5.75 Å². The summed E-state index contributed by atoms with van der Waals surface area (Å²) in [6, 6.07) is 3.90. The second kappa shape index (κ2) is 4.53. The van der Waals surface area contributed by atoms with Crippen LogP contribution in [-0.4, -0.2) is 19.3 Å². The maximum atomic E-state index is 10.9. The third-order valence-electron chi connectivity index (χ3n) is 2.53. The highest BCUT2D eigenvalue weighted by Gasteiger charge is 2.22. The van der Waals surface area contributed by atoms with Gasteiger partial charge in [-0.1, -0.05) is 11.2 Å². The van der Waals surface area contributed by atoms with Crippen molar-refractivity contribution in [2.45, 2.75) is 26.4 Å². The molecule has 0 fully saturated rings. The lowest BCUT2D eigenvalue weighted by atomic mass is 10.1. The molecule has 0 bridgehead atoms. The van der Waals surface area contributed by atoms with E-state index < -0.39 is 6.09 Å². The summed E-state index contributed by atoms with van der Waals surface area (Å²) in [5.74, 6) is 0.718. The zero-order chi connectivity index (χ0) is 12.4. The molecule has 0 saturated carbocycles. The molecule has 0 radical (unpaired) electrons. The van der Waals surface area contributed by atoms with Gasteiger partial charge in [-0.2, -0.15) is 0 Å². The van der Waals surface area contributed by atoms with Crippen LogP contribution in [0.15, 0.2) is 22.4 Å². The van der Waals surface area contributed by atoms with Gasteiger partial charge in [-0.05, 0) is 25.5 Å². The van der Waals surface area contributed by atoms with Crippen LogP contribution >= 0.6 is 0 Å². The first kappa shape index (κ1) is 11.6. The normalized spacial score (nSPS) is 17.9. The molecule has 5 nitrogen and oxygen atoms in total. The Morgan fingerprint density at radius 1 is 1.53 bits per heavy atom. The van der Waals surface area contributed by atoms with Crippen molar-refractivity contribution in [1.29, 1.82) is 0 Å². The van der Waals surface area contributed by atoms with Gasteiger partial charge in [-0.25, -0.2) is 4.79 Å². The molecular formula is C12H14N2O3. The highest BCUT2D eigenvalue weighted by Crippen LogP contribution is 2.39. The second-order valence-corrected chi connectivity index (χ2v) is 4.07. The van der Waals surface area contributed by atoms with Gasteiger partial charge < -0.3 is 9.47 Å². The zero-order valence-corrected chi connectivity index (χ0v) is 10.1. The molecule has 90 valence electrons. The number of carbonyl (C=O) groups excluding carboxylic acids is 1. The van der Waals surface area contributed by atoms with Gasteiger partial charge in [0.05, 0.1) is 7.11 Å². The van der Waals surface area contributed by atoms with Crippen molar-refractivity contribution in [2.75, 3.05) is 7.11 Å². The molecule has 0 spiro atoms. The van der Waals surface area contributed by atoms with Crippen LogP contribution < -0.4 is 4.74 Å². The monoisotopic (exact) mass is 234 g/mol. The van der Waals surface area contributed by atoms with Crippen molar-refractivity contribution < 1.29 is 14.3 Å². The van der Waals surface area contributed by atoms with Crippen LogP contribution in [0, 0.1) is 6.92 Å². The molecule has 1 aromatic rings. The van der Waals surface area contributed by atoms with E-state index in [0.29, 0.717) is 5.69 Å². The predicted octanol–water partition coefficient (Wildman–Crippen LogP) is 3.17. The molecule has 1 amide bonds. The summed E-state index contributed by atoms with van der Waals surface area (Å²) >= 11 is 0. The fourth-order valence-corrected chi connectivity index (χ4v) is 1.88. The van der Waals surface area contributed by atoms with Crippen molar-refractivity contribution in [2.24, 2.45) is 10.2 Å². The Kier molecular flexibility index (Phi) is 3.08. The summed E-state index contributed by atoms with van der Waals surface area (Å²) in [6.07, 6.45) is 0.280. The molecule has 17 heavy (non-hydrogen) atoms. The first-order valence-corrected chi connectivity index (χ1v) is 5.40. The Labute approximate surface area is 99.5 Å². The summed E-state index contributed by atoms with van der Waals surface area (Å²) in [5.41, 5.74) is 2.76. The Hall–Kier alpha value is -1.91. The fraction of sp³-hybridized carbons (Fsp3) is 0.417. The Morgan fingerprint density at radius 3 is 3.00 bits per heavy atom. The van der Waals surface area contributed by atoms with Gasteiger partial charge in [0.1, 0.15) is 11.8 Å². The molecule has 1 heterocycles. The topological polar surface area (TPSA) is 60.2 Å². The van der Waals surface area contributed by atoms with Crippen molar-refractivity contribution in [3.63, 3.8) is 0 Å². The van der Waals surface area contributed by atoms with Crippen molar-refractivity contribution >= 4 is 11.8 Å². The number of methoxy groups -OCH3 is 1. The van der Waals surface area contributed by atoms with E-state index >= 15 is 0 Å². The summed E-state index contributed by atoms with van der Waals surface area (Å²) < 4.78 is 10.1. The van der Waals surface area contributed by atoms with Crippen LogP contribution in [0.4, 0.5) is 10.5 Å². The van der Waals surface area contributed by atoms with E-state index in [4.69, 9.17) is 4.74 Å². The highest BCUT2D eigenvalue weighted by molar-refractivity contribution is 5.68.